The Balaban J connectivity index is 0.00000182. The van der Waals surface area contributed by atoms with Crippen molar-refractivity contribution in [3.05, 3.63) is 66.1 Å². The van der Waals surface area contributed by atoms with Crippen LogP contribution in [0.3, 0.4) is 0 Å². The third-order valence-corrected chi connectivity index (χ3v) is 4.09. The number of benzene rings is 2. The van der Waals surface area contributed by atoms with Gasteiger partial charge in [-0.15, -0.1) is 17.5 Å². The Morgan fingerprint density at radius 3 is 2.52 bits per heavy atom. The summed E-state index contributed by atoms with van der Waals surface area (Å²) >= 11 is 0. The summed E-state index contributed by atoms with van der Waals surface area (Å²) in [5.74, 6) is -0.263. The van der Waals surface area contributed by atoms with E-state index in [1.165, 1.54) is 12.1 Å². The van der Waals surface area contributed by atoms with E-state index in [0.717, 1.165) is 36.5 Å². The van der Waals surface area contributed by atoms with Crippen LogP contribution in [0.1, 0.15) is 11.7 Å². The zero-order valence-corrected chi connectivity index (χ0v) is 14.2. The van der Waals surface area contributed by atoms with Crippen molar-refractivity contribution >= 4 is 12.4 Å². The first kappa shape index (κ1) is 17.5. The van der Waals surface area contributed by atoms with Crippen molar-refractivity contribution < 1.29 is 9.13 Å². The number of hydrogen-bond acceptors (Lipinski definition) is 4. The summed E-state index contributed by atoms with van der Waals surface area (Å²) < 4.78 is 20.5. The predicted octanol–water partition coefficient (Wildman–Crippen LogP) is 3.16. The lowest BCUT2D eigenvalue weighted by molar-refractivity contribution is 0.0277. The number of nitrogens with one attached hydrogen (secondary N) is 1. The van der Waals surface area contributed by atoms with Crippen LogP contribution in [0.2, 0.25) is 0 Å². The Morgan fingerprint density at radius 2 is 1.84 bits per heavy atom. The largest absolute Gasteiger partial charge is 0.371 e. The zero-order chi connectivity index (χ0) is 16.4. The Kier molecular flexibility index (Phi) is 5.43. The molecule has 1 aliphatic rings. The summed E-state index contributed by atoms with van der Waals surface area (Å²) in [6.45, 7) is 2.47. The van der Waals surface area contributed by atoms with Crippen LogP contribution in [0.15, 0.2) is 54.7 Å². The Labute approximate surface area is 151 Å². The molecule has 130 valence electrons. The van der Waals surface area contributed by atoms with Gasteiger partial charge >= 0.3 is 0 Å². The molecule has 0 saturated carbocycles. The lowest BCUT2D eigenvalue weighted by Gasteiger charge is -2.24. The van der Waals surface area contributed by atoms with E-state index in [0.29, 0.717) is 5.69 Å². The van der Waals surface area contributed by atoms with Crippen molar-refractivity contribution in [2.24, 2.45) is 0 Å². The molecule has 0 aliphatic carbocycles. The summed E-state index contributed by atoms with van der Waals surface area (Å²) in [4.78, 5) is 0. The van der Waals surface area contributed by atoms with Gasteiger partial charge < -0.3 is 10.1 Å². The molecule has 1 fully saturated rings. The molecule has 0 amide bonds. The van der Waals surface area contributed by atoms with Gasteiger partial charge in [0.05, 0.1) is 24.6 Å². The van der Waals surface area contributed by atoms with Gasteiger partial charge in [-0.05, 0) is 42.0 Å². The fourth-order valence-corrected chi connectivity index (χ4v) is 2.76. The first-order chi connectivity index (χ1) is 11.8. The highest BCUT2D eigenvalue weighted by Gasteiger charge is 2.15. The van der Waals surface area contributed by atoms with Gasteiger partial charge in [0.25, 0.3) is 0 Å². The normalized spacial score (nSPS) is 17.1. The minimum absolute atomic E-state index is 0. The van der Waals surface area contributed by atoms with E-state index < -0.39 is 0 Å². The molecule has 2 aromatic carbocycles. The fourth-order valence-electron chi connectivity index (χ4n) is 2.76. The molecule has 1 atom stereocenters. The van der Waals surface area contributed by atoms with Crippen LogP contribution in [-0.2, 0) is 4.74 Å². The van der Waals surface area contributed by atoms with E-state index in [4.69, 9.17) is 4.74 Å². The molecule has 0 spiro atoms. The molecule has 0 bridgehead atoms. The molecule has 25 heavy (non-hydrogen) atoms. The van der Waals surface area contributed by atoms with Crippen molar-refractivity contribution in [1.82, 2.24) is 20.3 Å². The predicted molar refractivity (Wildman–Crippen MR) is 95.6 cm³/mol. The lowest BCUT2D eigenvalue weighted by Crippen LogP contribution is -2.33. The second-order valence-electron chi connectivity index (χ2n) is 5.71. The van der Waals surface area contributed by atoms with Gasteiger partial charge in [-0.25, -0.2) is 9.07 Å². The summed E-state index contributed by atoms with van der Waals surface area (Å²) in [6, 6.07) is 14.3. The first-order valence-electron chi connectivity index (χ1n) is 7.90. The molecule has 1 aromatic heterocycles. The van der Waals surface area contributed by atoms with Gasteiger partial charge in [0.15, 0.2) is 0 Å². The minimum Gasteiger partial charge on any atom is -0.371 e. The third kappa shape index (κ3) is 3.87. The van der Waals surface area contributed by atoms with Crippen LogP contribution in [0.4, 0.5) is 4.39 Å². The molecule has 3 aromatic rings. The van der Waals surface area contributed by atoms with Crippen molar-refractivity contribution in [3.63, 3.8) is 0 Å². The number of hydrogen-bond donors (Lipinski definition) is 1. The molecule has 2 heterocycles. The molecule has 1 saturated heterocycles. The van der Waals surface area contributed by atoms with Gasteiger partial charge in [-0.2, -0.15) is 0 Å². The summed E-state index contributed by atoms with van der Waals surface area (Å²) in [6.07, 6.45) is 1.93. The van der Waals surface area contributed by atoms with Crippen LogP contribution in [-0.4, -0.2) is 34.7 Å². The van der Waals surface area contributed by atoms with Crippen LogP contribution < -0.4 is 5.32 Å². The first-order valence-corrected chi connectivity index (χ1v) is 7.90. The number of rotatable bonds is 3. The third-order valence-electron chi connectivity index (χ3n) is 4.09. The highest BCUT2D eigenvalue weighted by atomic mass is 35.5. The van der Waals surface area contributed by atoms with Gasteiger partial charge in [-0.1, -0.05) is 17.3 Å². The molecule has 7 heteroatoms. The fraction of sp³-hybridized carbons (Fsp3) is 0.222. The molecular formula is C18H18ClFN4O. The van der Waals surface area contributed by atoms with Crippen molar-refractivity contribution in [1.29, 1.82) is 0 Å². The number of morpholine rings is 1. The Hall–Kier alpha value is -2.28. The highest BCUT2D eigenvalue weighted by Crippen LogP contribution is 2.21. The molecule has 0 radical (unpaired) electrons. The van der Waals surface area contributed by atoms with Crippen molar-refractivity contribution in [2.75, 3.05) is 19.7 Å². The standard InChI is InChI=1S/C18H17FN4O.ClH/c19-15-5-1-13(2-6-15)17-12-23(22-21-17)16-7-3-14(4-8-16)18-11-20-9-10-24-18;/h1-8,12,18,20H,9-11H2;1H/t18-;/m0./s1. The van der Waals surface area contributed by atoms with Crippen LogP contribution in [0.5, 0.6) is 0 Å². The highest BCUT2D eigenvalue weighted by molar-refractivity contribution is 5.85. The lowest BCUT2D eigenvalue weighted by atomic mass is 10.1. The van der Waals surface area contributed by atoms with Crippen LogP contribution >= 0.6 is 12.4 Å². The average molecular weight is 361 g/mol. The molecule has 1 N–H and O–H groups in total. The summed E-state index contributed by atoms with van der Waals surface area (Å²) in [5.41, 5.74) is 3.60. The quantitative estimate of drug-likeness (QED) is 0.779. The molecule has 4 rings (SSSR count). The number of halogens is 2. The Bertz CT molecular complexity index is 814. The van der Waals surface area contributed by atoms with E-state index in [-0.39, 0.29) is 24.3 Å². The van der Waals surface area contributed by atoms with Crippen LogP contribution in [0.25, 0.3) is 16.9 Å². The van der Waals surface area contributed by atoms with Gasteiger partial charge in [0.1, 0.15) is 11.5 Å². The van der Waals surface area contributed by atoms with Crippen LogP contribution in [0, 0.1) is 5.82 Å². The van der Waals surface area contributed by atoms with Gasteiger partial charge in [0.2, 0.25) is 0 Å². The monoisotopic (exact) mass is 360 g/mol. The van der Waals surface area contributed by atoms with E-state index in [9.17, 15) is 4.39 Å². The average Bonchev–Trinajstić information content (AvgIpc) is 3.13. The maximum Gasteiger partial charge on any atom is 0.123 e. The Morgan fingerprint density at radius 1 is 1.08 bits per heavy atom. The minimum atomic E-state index is -0.263. The summed E-state index contributed by atoms with van der Waals surface area (Å²) in [5, 5.41) is 11.6. The van der Waals surface area contributed by atoms with Crippen molar-refractivity contribution in [2.45, 2.75) is 6.10 Å². The maximum absolute atomic E-state index is 13.0. The molecule has 1 aliphatic heterocycles. The van der Waals surface area contributed by atoms with Gasteiger partial charge in [0, 0.05) is 18.7 Å². The molecule has 0 unspecified atom stereocenters. The van der Waals surface area contributed by atoms with Gasteiger partial charge in [-0.3, -0.25) is 0 Å². The second-order valence-corrected chi connectivity index (χ2v) is 5.71. The topological polar surface area (TPSA) is 52.0 Å². The zero-order valence-electron chi connectivity index (χ0n) is 13.4. The number of aromatic nitrogens is 3. The van der Waals surface area contributed by atoms with Crippen molar-refractivity contribution in [3.8, 4) is 16.9 Å². The molecule has 5 nitrogen and oxygen atoms in total. The van der Waals surface area contributed by atoms with E-state index in [1.807, 2.05) is 30.5 Å². The van der Waals surface area contributed by atoms with E-state index >= 15 is 0 Å². The van der Waals surface area contributed by atoms with E-state index in [1.54, 1.807) is 16.8 Å². The smallest absolute Gasteiger partial charge is 0.123 e. The molecular weight excluding hydrogens is 343 g/mol. The van der Waals surface area contributed by atoms with E-state index in [2.05, 4.69) is 15.6 Å². The number of nitrogens with zero attached hydrogens (tertiary/aromatic N) is 3. The maximum atomic E-state index is 13.0. The summed E-state index contributed by atoms with van der Waals surface area (Å²) in [7, 11) is 0. The second kappa shape index (κ2) is 7.74. The number of ether oxygens (including phenoxy) is 1. The SMILES string of the molecule is Cl.Fc1ccc(-c2cn(-c3ccc([C@@H]4CNCCO4)cc3)nn2)cc1.